The second kappa shape index (κ2) is 6.25. The second-order valence-electron chi connectivity index (χ2n) is 4.35. The second-order valence-corrected chi connectivity index (χ2v) is 4.35. The van der Waals surface area contributed by atoms with Crippen LogP contribution in [0.4, 0.5) is 11.6 Å². The van der Waals surface area contributed by atoms with Crippen LogP contribution < -0.4 is 10.6 Å². The topological polar surface area (TPSA) is 86.3 Å². The van der Waals surface area contributed by atoms with Crippen LogP contribution in [-0.2, 0) is 4.74 Å². The van der Waals surface area contributed by atoms with Crippen molar-refractivity contribution < 1.29 is 9.53 Å². The van der Waals surface area contributed by atoms with Crippen LogP contribution in [0.25, 0.3) is 5.82 Å². The molecule has 7 nitrogen and oxygen atoms in total. The molecule has 0 bridgehead atoms. The molecule has 0 amide bonds. The van der Waals surface area contributed by atoms with E-state index in [2.05, 4.69) is 10.1 Å². The van der Waals surface area contributed by atoms with E-state index in [4.69, 9.17) is 10.5 Å². The first-order valence-corrected chi connectivity index (χ1v) is 6.77. The van der Waals surface area contributed by atoms with Gasteiger partial charge in [0.1, 0.15) is 11.4 Å². The van der Waals surface area contributed by atoms with E-state index in [1.165, 1.54) is 11.8 Å². The first-order chi connectivity index (χ1) is 10.1. The highest BCUT2D eigenvalue weighted by molar-refractivity contribution is 6.00. The number of esters is 1. The molecule has 0 saturated carbocycles. The van der Waals surface area contributed by atoms with E-state index in [0.29, 0.717) is 24.7 Å². The fourth-order valence-electron chi connectivity index (χ4n) is 2.12. The van der Waals surface area contributed by atoms with E-state index in [1.54, 1.807) is 18.3 Å². The molecule has 21 heavy (non-hydrogen) atoms. The van der Waals surface area contributed by atoms with Gasteiger partial charge in [-0.05, 0) is 26.0 Å². The third-order valence-electron chi connectivity index (χ3n) is 3.22. The van der Waals surface area contributed by atoms with Crippen LogP contribution in [0, 0.1) is 0 Å². The van der Waals surface area contributed by atoms with Crippen molar-refractivity contribution in [2.24, 2.45) is 0 Å². The largest absolute Gasteiger partial charge is 0.465 e. The van der Waals surface area contributed by atoms with Crippen LogP contribution in [0.15, 0.2) is 24.4 Å². The molecule has 112 valence electrons. The highest BCUT2D eigenvalue weighted by atomic mass is 16.5. The molecular weight excluding hydrogens is 270 g/mol. The van der Waals surface area contributed by atoms with Crippen molar-refractivity contribution in [2.45, 2.75) is 13.8 Å². The molecular formula is C14H19N5O2. The minimum Gasteiger partial charge on any atom is -0.465 e. The number of ether oxygens (including phenoxy) is 1. The fourth-order valence-corrected chi connectivity index (χ4v) is 2.12. The van der Waals surface area contributed by atoms with E-state index in [0.717, 1.165) is 0 Å². The van der Waals surface area contributed by atoms with Gasteiger partial charge in [-0.3, -0.25) is 0 Å². The predicted molar refractivity (Wildman–Crippen MR) is 80.7 cm³/mol. The Bertz CT molecular complexity index is 620. The minimum atomic E-state index is -0.503. The third kappa shape index (κ3) is 2.67. The number of hydrogen-bond acceptors (Lipinski definition) is 6. The molecule has 0 unspecified atom stereocenters. The molecule has 0 saturated heterocycles. The number of methoxy groups -OCH3 is 1. The maximum atomic E-state index is 12.0. The molecule has 0 aliphatic rings. The summed E-state index contributed by atoms with van der Waals surface area (Å²) in [5.41, 5.74) is 6.36. The number of rotatable bonds is 5. The molecule has 2 N–H and O–H groups in total. The maximum absolute atomic E-state index is 12.0. The van der Waals surface area contributed by atoms with Gasteiger partial charge in [0, 0.05) is 19.3 Å². The summed E-state index contributed by atoms with van der Waals surface area (Å²) in [5.74, 6) is 0.785. The van der Waals surface area contributed by atoms with Crippen molar-refractivity contribution in [2.75, 3.05) is 30.8 Å². The van der Waals surface area contributed by atoms with Gasteiger partial charge >= 0.3 is 5.97 Å². The van der Waals surface area contributed by atoms with Gasteiger partial charge in [-0.25, -0.2) is 9.78 Å². The van der Waals surface area contributed by atoms with Gasteiger partial charge in [0.2, 0.25) is 0 Å². The average Bonchev–Trinajstić information content (AvgIpc) is 2.86. The molecule has 2 rings (SSSR count). The highest BCUT2D eigenvalue weighted by Crippen LogP contribution is 2.27. The Hall–Kier alpha value is -2.57. The highest BCUT2D eigenvalue weighted by Gasteiger charge is 2.26. The lowest BCUT2D eigenvalue weighted by Gasteiger charge is -2.18. The summed E-state index contributed by atoms with van der Waals surface area (Å²) in [6, 6.07) is 5.41. The van der Waals surface area contributed by atoms with Gasteiger partial charge in [0.05, 0.1) is 7.11 Å². The Labute approximate surface area is 123 Å². The van der Waals surface area contributed by atoms with E-state index >= 15 is 0 Å². The molecule has 2 aromatic rings. The van der Waals surface area contributed by atoms with E-state index in [-0.39, 0.29) is 11.4 Å². The lowest BCUT2D eigenvalue weighted by molar-refractivity contribution is 0.0602. The Morgan fingerprint density at radius 3 is 2.62 bits per heavy atom. The van der Waals surface area contributed by atoms with Crippen LogP contribution in [0.3, 0.4) is 0 Å². The number of pyridine rings is 1. The summed E-state index contributed by atoms with van der Waals surface area (Å²) in [7, 11) is 1.33. The summed E-state index contributed by atoms with van der Waals surface area (Å²) in [5, 5.41) is 4.45. The van der Waals surface area contributed by atoms with Crippen LogP contribution >= 0.6 is 0 Å². The quantitative estimate of drug-likeness (QED) is 0.839. The van der Waals surface area contributed by atoms with Gasteiger partial charge < -0.3 is 15.4 Å². The minimum absolute atomic E-state index is 0.224. The first kappa shape index (κ1) is 14.8. The molecule has 0 radical (unpaired) electrons. The molecule has 0 spiro atoms. The average molecular weight is 289 g/mol. The Morgan fingerprint density at radius 1 is 1.38 bits per heavy atom. The van der Waals surface area contributed by atoms with E-state index in [9.17, 15) is 4.79 Å². The molecule has 2 heterocycles. The molecule has 2 aromatic heterocycles. The molecule has 0 atom stereocenters. The number of hydrogen-bond donors (Lipinski definition) is 1. The molecule has 0 aliphatic carbocycles. The fraction of sp³-hybridized carbons (Fsp3) is 0.357. The number of nitrogen functional groups attached to an aromatic ring is 1. The lowest BCUT2D eigenvalue weighted by Crippen LogP contribution is -2.24. The molecule has 0 fully saturated rings. The van der Waals surface area contributed by atoms with Gasteiger partial charge in [-0.15, -0.1) is 5.10 Å². The van der Waals surface area contributed by atoms with Gasteiger partial charge in [0.15, 0.2) is 11.6 Å². The zero-order valence-corrected chi connectivity index (χ0v) is 12.4. The Kier molecular flexibility index (Phi) is 4.42. The van der Waals surface area contributed by atoms with Crippen LogP contribution in [0.5, 0.6) is 0 Å². The number of aromatic nitrogens is 3. The molecule has 7 heteroatoms. The summed E-state index contributed by atoms with van der Waals surface area (Å²) in [6.45, 7) is 5.39. The smallest absolute Gasteiger partial charge is 0.345 e. The number of carbonyl (C=O) groups excluding carboxylic acids is 1. The summed E-state index contributed by atoms with van der Waals surface area (Å²) < 4.78 is 6.29. The van der Waals surface area contributed by atoms with Crippen LogP contribution in [-0.4, -0.2) is 40.9 Å². The zero-order chi connectivity index (χ0) is 15.4. The monoisotopic (exact) mass is 289 g/mol. The lowest BCUT2D eigenvalue weighted by atomic mass is 10.2. The van der Waals surface area contributed by atoms with E-state index < -0.39 is 5.97 Å². The third-order valence-corrected chi connectivity index (χ3v) is 3.22. The standard InChI is InChI=1S/C14H19N5O2/c1-4-18(5-2)13-11(14(20)21-3)12(15)19(17-13)10-8-6-7-9-16-10/h6-9H,4-5,15H2,1-3H3. The van der Waals surface area contributed by atoms with E-state index in [1.807, 2.05) is 24.8 Å². The van der Waals surface area contributed by atoms with Gasteiger partial charge in [0.25, 0.3) is 0 Å². The summed E-state index contributed by atoms with van der Waals surface area (Å²) in [6.07, 6.45) is 1.64. The van der Waals surface area contributed by atoms with Crippen molar-refractivity contribution in [3.63, 3.8) is 0 Å². The van der Waals surface area contributed by atoms with Gasteiger partial charge in [-0.1, -0.05) is 6.07 Å². The number of anilines is 2. The molecule has 0 aliphatic heterocycles. The Balaban J connectivity index is 2.62. The number of nitrogens with two attached hydrogens (primary N) is 1. The van der Waals surface area contributed by atoms with Crippen molar-refractivity contribution >= 4 is 17.6 Å². The normalized spacial score (nSPS) is 10.4. The zero-order valence-electron chi connectivity index (χ0n) is 12.4. The number of carbonyl (C=O) groups is 1. The Morgan fingerprint density at radius 2 is 2.10 bits per heavy atom. The maximum Gasteiger partial charge on any atom is 0.345 e. The summed E-state index contributed by atoms with van der Waals surface area (Å²) in [4.78, 5) is 18.2. The van der Waals surface area contributed by atoms with Crippen LogP contribution in [0.2, 0.25) is 0 Å². The van der Waals surface area contributed by atoms with Crippen molar-refractivity contribution in [1.29, 1.82) is 0 Å². The van der Waals surface area contributed by atoms with Gasteiger partial charge in [-0.2, -0.15) is 4.68 Å². The summed E-state index contributed by atoms with van der Waals surface area (Å²) >= 11 is 0. The number of nitrogens with zero attached hydrogens (tertiary/aromatic N) is 4. The SMILES string of the molecule is CCN(CC)c1nn(-c2ccccn2)c(N)c1C(=O)OC. The van der Waals surface area contributed by atoms with Crippen molar-refractivity contribution in [1.82, 2.24) is 14.8 Å². The predicted octanol–water partition coefficient (Wildman–Crippen LogP) is 1.48. The first-order valence-electron chi connectivity index (χ1n) is 6.77. The van der Waals surface area contributed by atoms with Crippen LogP contribution in [0.1, 0.15) is 24.2 Å². The van der Waals surface area contributed by atoms with Crippen molar-refractivity contribution in [3.05, 3.63) is 30.0 Å². The van der Waals surface area contributed by atoms with Crippen molar-refractivity contribution in [3.8, 4) is 5.82 Å². The molecule has 0 aromatic carbocycles.